The van der Waals surface area contributed by atoms with Crippen molar-refractivity contribution in [2.75, 3.05) is 19.6 Å². The Balaban J connectivity index is 1.90. The van der Waals surface area contributed by atoms with Crippen molar-refractivity contribution in [1.29, 1.82) is 0 Å². The Labute approximate surface area is 122 Å². The quantitative estimate of drug-likeness (QED) is 0.812. The molecule has 2 N–H and O–H groups in total. The molecule has 2 unspecified atom stereocenters. The lowest BCUT2D eigenvalue weighted by atomic mass is 9.84. The first-order valence-electron chi connectivity index (χ1n) is 8.24. The molecule has 20 heavy (non-hydrogen) atoms. The molecule has 1 saturated carbocycles. The van der Waals surface area contributed by atoms with Crippen LogP contribution in [0.2, 0.25) is 0 Å². The van der Waals surface area contributed by atoms with E-state index in [0.29, 0.717) is 23.9 Å². The Morgan fingerprint density at radius 3 is 2.50 bits per heavy atom. The van der Waals surface area contributed by atoms with Crippen LogP contribution in [0.3, 0.4) is 0 Å². The number of piperidine rings is 1. The average Bonchev–Trinajstić information content (AvgIpc) is 2.38. The number of likely N-dealkylation sites (tertiary alicyclic amines) is 1. The highest BCUT2D eigenvalue weighted by Crippen LogP contribution is 2.25. The number of hydrogen-bond donors (Lipinski definition) is 2. The van der Waals surface area contributed by atoms with E-state index >= 15 is 0 Å². The molecular weight excluding hydrogens is 252 g/mol. The van der Waals surface area contributed by atoms with Crippen LogP contribution in [0.5, 0.6) is 0 Å². The molecule has 2 fully saturated rings. The second-order valence-corrected chi connectivity index (χ2v) is 7.03. The minimum absolute atomic E-state index is 0.187. The number of rotatable bonds is 5. The molecule has 1 aliphatic carbocycles. The van der Waals surface area contributed by atoms with Crippen LogP contribution in [0.15, 0.2) is 0 Å². The van der Waals surface area contributed by atoms with Crippen LogP contribution < -0.4 is 5.32 Å². The van der Waals surface area contributed by atoms with Crippen LogP contribution in [-0.2, 0) is 4.79 Å². The second-order valence-electron chi connectivity index (χ2n) is 7.03. The first kappa shape index (κ1) is 15.8. The normalized spacial score (nSPS) is 29.8. The van der Waals surface area contributed by atoms with E-state index in [-0.39, 0.29) is 6.54 Å². The third-order valence-electron chi connectivity index (χ3n) is 4.94. The molecule has 0 aromatic rings. The van der Waals surface area contributed by atoms with Gasteiger partial charge in [0.25, 0.3) is 0 Å². The lowest BCUT2D eigenvalue weighted by Crippen LogP contribution is -2.53. The molecule has 116 valence electrons. The largest absolute Gasteiger partial charge is 0.480 e. The number of carbonyl (C=O) groups is 1. The number of aliphatic carboxylic acids is 1. The minimum atomic E-state index is -0.703. The smallest absolute Gasteiger partial charge is 0.317 e. The highest BCUT2D eigenvalue weighted by Gasteiger charge is 2.31. The van der Waals surface area contributed by atoms with Crippen LogP contribution in [0.4, 0.5) is 0 Å². The van der Waals surface area contributed by atoms with Crippen molar-refractivity contribution >= 4 is 5.97 Å². The van der Waals surface area contributed by atoms with E-state index in [9.17, 15) is 4.79 Å². The molecule has 1 heterocycles. The second kappa shape index (κ2) is 7.41. The van der Waals surface area contributed by atoms with Crippen LogP contribution >= 0.6 is 0 Å². The van der Waals surface area contributed by atoms with E-state index in [1.54, 1.807) is 0 Å². The molecule has 2 atom stereocenters. The third kappa shape index (κ3) is 4.74. The molecule has 0 spiro atoms. The van der Waals surface area contributed by atoms with Gasteiger partial charge in [-0.05, 0) is 31.1 Å². The first-order chi connectivity index (χ1) is 9.54. The summed E-state index contributed by atoms with van der Waals surface area (Å²) < 4.78 is 0. The summed E-state index contributed by atoms with van der Waals surface area (Å²) in [6, 6.07) is 1.13. The fourth-order valence-corrected chi connectivity index (χ4v) is 3.76. The van der Waals surface area contributed by atoms with E-state index in [1.165, 1.54) is 38.5 Å². The predicted molar refractivity (Wildman–Crippen MR) is 80.8 cm³/mol. The SMILES string of the molecule is CC(C)C1CC(NC2CCCCC2)CN(CC(=O)O)C1. The van der Waals surface area contributed by atoms with E-state index < -0.39 is 5.97 Å². The van der Waals surface area contributed by atoms with Gasteiger partial charge in [0.15, 0.2) is 0 Å². The number of hydrogen-bond acceptors (Lipinski definition) is 3. The van der Waals surface area contributed by atoms with Crippen LogP contribution in [0.25, 0.3) is 0 Å². The van der Waals surface area contributed by atoms with Gasteiger partial charge >= 0.3 is 5.97 Å². The summed E-state index contributed by atoms with van der Waals surface area (Å²) in [5.41, 5.74) is 0. The van der Waals surface area contributed by atoms with E-state index in [4.69, 9.17) is 5.11 Å². The predicted octanol–water partition coefficient (Wildman–Crippen LogP) is 2.34. The standard InChI is InChI=1S/C16H30N2O2/c1-12(2)13-8-15(10-18(9-13)11-16(19)20)17-14-6-4-3-5-7-14/h12-15,17H,3-11H2,1-2H3,(H,19,20). The summed E-state index contributed by atoms with van der Waals surface area (Å²) in [6.45, 7) is 6.53. The molecule has 0 aromatic heterocycles. The summed E-state index contributed by atoms with van der Waals surface area (Å²) in [6.07, 6.45) is 7.85. The molecule has 4 heteroatoms. The molecule has 0 amide bonds. The van der Waals surface area contributed by atoms with Crippen LogP contribution in [-0.4, -0.2) is 47.7 Å². The zero-order valence-corrected chi connectivity index (χ0v) is 13.0. The van der Waals surface area contributed by atoms with Gasteiger partial charge in [-0.1, -0.05) is 33.1 Å². The third-order valence-corrected chi connectivity index (χ3v) is 4.94. The van der Waals surface area contributed by atoms with Crippen molar-refractivity contribution in [2.24, 2.45) is 11.8 Å². The van der Waals surface area contributed by atoms with Gasteiger partial charge in [0.2, 0.25) is 0 Å². The van der Waals surface area contributed by atoms with Crippen molar-refractivity contribution in [2.45, 2.75) is 64.5 Å². The van der Waals surface area contributed by atoms with Gasteiger partial charge in [0.05, 0.1) is 6.54 Å². The zero-order chi connectivity index (χ0) is 14.5. The first-order valence-corrected chi connectivity index (χ1v) is 8.24. The Bertz CT molecular complexity index is 314. The van der Waals surface area contributed by atoms with Crippen molar-refractivity contribution in [3.8, 4) is 0 Å². The van der Waals surface area contributed by atoms with Gasteiger partial charge in [-0.2, -0.15) is 0 Å². The average molecular weight is 282 g/mol. The zero-order valence-electron chi connectivity index (χ0n) is 13.0. The minimum Gasteiger partial charge on any atom is -0.480 e. The molecule has 2 rings (SSSR count). The Morgan fingerprint density at radius 2 is 1.90 bits per heavy atom. The monoisotopic (exact) mass is 282 g/mol. The van der Waals surface area contributed by atoms with Gasteiger partial charge in [0, 0.05) is 25.2 Å². The van der Waals surface area contributed by atoms with Gasteiger partial charge in [0.1, 0.15) is 0 Å². The number of carboxylic acid groups (broad SMARTS) is 1. The summed E-state index contributed by atoms with van der Waals surface area (Å²) in [5.74, 6) is 0.539. The van der Waals surface area contributed by atoms with Crippen molar-refractivity contribution in [3.63, 3.8) is 0 Å². The molecule has 0 aromatic carbocycles. The maximum Gasteiger partial charge on any atom is 0.317 e. The summed E-state index contributed by atoms with van der Waals surface area (Å²) in [4.78, 5) is 13.1. The van der Waals surface area contributed by atoms with E-state index in [0.717, 1.165) is 13.1 Å². The Hall–Kier alpha value is -0.610. The maximum atomic E-state index is 11.0. The maximum absolute atomic E-state index is 11.0. The topological polar surface area (TPSA) is 52.6 Å². The van der Waals surface area contributed by atoms with Crippen molar-refractivity contribution < 1.29 is 9.90 Å². The molecule has 4 nitrogen and oxygen atoms in total. The van der Waals surface area contributed by atoms with Gasteiger partial charge < -0.3 is 10.4 Å². The molecule has 0 bridgehead atoms. The highest BCUT2D eigenvalue weighted by atomic mass is 16.4. The fraction of sp³-hybridized carbons (Fsp3) is 0.938. The lowest BCUT2D eigenvalue weighted by Gasteiger charge is -2.41. The Morgan fingerprint density at radius 1 is 1.20 bits per heavy atom. The molecule has 0 radical (unpaired) electrons. The number of carboxylic acids is 1. The van der Waals surface area contributed by atoms with Crippen molar-refractivity contribution in [3.05, 3.63) is 0 Å². The summed E-state index contributed by atoms with van der Waals surface area (Å²) in [7, 11) is 0. The highest BCUT2D eigenvalue weighted by molar-refractivity contribution is 5.69. The summed E-state index contributed by atoms with van der Waals surface area (Å²) >= 11 is 0. The van der Waals surface area contributed by atoms with E-state index in [1.807, 2.05) is 0 Å². The van der Waals surface area contributed by atoms with Gasteiger partial charge in [-0.25, -0.2) is 0 Å². The van der Waals surface area contributed by atoms with Crippen molar-refractivity contribution in [1.82, 2.24) is 10.2 Å². The van der Waals surface area contributed by atoms with Gasteiger partial charge in [-0.15, -0.1) is 0 Å². The van der Waals surface area contributed by atoms with E-state index in [2.05, 4.69) is 24.1 Å². The molecular formula is C16H30N2O2. The lowest BCUT2D eigenvalue weighted by molar-refractivity contribution is -0.139. The fourth-order valence-electron chi connectivity index (χ4n) is 3.76. The van der Waals surface area contributed by atoms with Crippen LogP contribution in [0, 0.1) is 11.8 Å². The van der Waals surface area contributed by atoms with Gasteiger partial charge in [-0.3, -0.25) is 9.69 Å². The Kier molecular flexibility index (Phi) is 5.85. The molecule has 1 aliphatic heterocycles. The molecule has 1 saturated heterocycles. The number of nitrogens with zero attached hydrogens (tertiary/aromatic N) is 1. The number of nitrogens with one attached hydrogen (secondary N) is 1. The van der Waals surface area contributed by atoms with Crippen LogP contribution in [0.1, 0.15) is 52.4 Å². The molecule has 2 aliphatic rings. The summed E-state index contributed by atoms with van der Waals surface area (Å²) in [5, 5.41) is 12.8.